The smallest absolute Gasteiger partial charge is 0.344 e. The average Bonchev–Trinajstić information content (AvgIpc) is 2.87. The van der Waals surface area contributed by atoms with Gasteiger partial charge in [0.2, 0.25) is 5.95 Å². The van der Waals surface area contributed by atoms with Crippen molar-refractivity contribution in [2.24, 2.45) is 0 Å². The molecule has 2 aromatic carbocycles. The molecule has 0 fully saturated rings. The summed E-state index contributed by atoms with van der Waals surface area (Å²) in [5, 5.41) is 8.58. The van der Waals surface area contributed by atoms with Crippen LogP contribution in [0.25, 0.3) is 16.8 Å². The Balaban J connectivity index is 1.46. The third-order valence-corrected chi connectivity index (χ3v) is 4.94. The molecule has 0 unspecified atom stereocenters. The highest BCUT2D eigenvalue weighted by molar-refractivity contribution is 6.29. The molecule has 0 spiro atoms. The highest BCUT2D eigenvalue weighted by Crippen LogP contribution is 2.24. The first kappa shape index (κ1) is 23.0. The molecule has 10 heteroatoms. The molecular formula is C25H20N8O2. The topological polar surface area (TPSA) is 145 Å². The zero-order valence-electron chi connectivity index (χ0n) is 18.6. The normalized spacial score (nSPS) is 10.1. The monoisotopic (exact) mass is 464 g/mol. The van der Waals surface area contributed by atoms with E-state index in [1.54, 1.807) is 55.0 Å². The summed E-state index contributed by atoms with van der Waals surface area (Å²) >= 11 is 0. The van der Waals surface area contributed by atoms with E-state index in [0.29, 0.717) is 22.9 Å². The van der Waals surface area contributed by atoms with E-state index >= 15 is 0 Å². The van der Waals surface area contributed by atoms with Gasteiger partial charge in [0.25, 0.3) is 5.91 Å². The number of aryl methyl sites for hydroxylation is 1. The van der Waals surface area contributed by atoms with Crippen LogP contribution in [0.5, 0.6) is 0 Å². The van der Waals surface area contributed by atoms with Gasteiger partial charge in [-0.1, -0.05) is 6.07 Å². The van der Waals surface area contributed by atoms with Crippen LogP contribution in [0.15, 0.2) is 79.3 Å². The Hall–Kier alpha value is -5.21. The molecule has 0 aliphatic rings. The Labute approximate surface area is 200 Å². The minimum absolute atomic E-state index is 0.315. The lowest BCUT2D eigenvalue weighted by molar-refractivity contribution is -0.113. The highest BCUT2D eigenvalue weighted by Gasteiger charge is 2.10. The van der Waals surface area contributed by atoms with Crippen LogP contribution in [-0.2, 0) is 4.79 Å². The number of anilines is 4. The second kappa shape index (κ2) is 10.6. The van der Waals surface area contributed by atoms with E-state index in [2.05, 4.69) is 35.7 Å². The van der Waals surface area contributed by atoms with Crippen molar-refractivity contribution in [3.05, 3.63) is 95.9 Å². The molecule has 2 amide bonds. The first-order chi connectivity index (χ1) is 17.0. The maximum Gasteiger partial charge on any atom is 0.344 e. The number of carbonyl (C=O) groups is 2. The van der Waals surface area contributed by atoms with Gasteiger partial charge in [-0.05, 0) is 67.1 Å². The zero-order chi connectivity index (χ0) is 24.6. The summed E-state index contributed by atoms with van der Waals surface area (Å²) in [5.41, 5.74) is 13.2. The third kappa shape index (κ3) is 5.98. The molecule has 4 aromatic rings. The predicted octanol–water partition coefficient (Wildman–Crippen LogP) is 4.08. The van der Waals surface area contributed by atoms with Crippen LogP contribution in [0.1, 0.15) is 15.9 Å². The number of rotatable bonds is 7. The predicted molar refractivity (Wildman–Crippen MR) is 132 cm³/mol. The molecule has 0 saturated carbocycles. The fraction of sp³-hybridized carbons (Fsp3) is 0.0400. The molecule has 172 valence electrons. The van der Waals surface area contributed by atoms with Gasteiger partial charge in [0.1, 0.15) is 0 Å². The number of hydrogen-bond acceptors (Lipinski definition) is 6. The Bertz CT molecular complexity index is 1420. The summed E-state index contributed by atoms with van der Waals surface area (Å²) in [6.45, 7) is 1.94. The molecule has 0 saturated heterocycles. The number of hydrogen-bond donors (Lipinski definition) is 3. The van der Waals surface area contributed by atoms with Crippen molar-refractivity contribution in [3.8, 4) is 11.3 Å². The number of nitrogens with zero attached hydrogens (tertiary/aromatic N) is 5. The van der Waals surface area contributed by atoms with Gasteiger partial charge in [0, 0.05) is 46.8 Å². The van der Waals surface area contributed by atoms with Crippen molar-refractivity contribution in [1.29, 1.82) is 0 Å². The van der Waals surface area contributed by atoms with Gasteiger partial charge < -0.3 is 21.5 Å². The summed E-state index contributed by atoms with van der Waals surface area (Å²) < 4.78 is 0. The van der Waals surface area contributed by atoms with Crippen LogP contribution in [0.3, 0.4) is 0 Å². The van der Waals surface area contributed by atoms with Crippen molar-refractivity contribution in [2.75, 3.05) is 16.0 Å². The molecule has 35 heavy (non-hydrogen) atoms. The molecule has 0 bridgehead atoms. The van der Waals surface area contributed by atoms with Gasteiger partial charge in [-0.2, -0.15) is 4.79 Å². The number of pyridine rings is 1. The zero-order valence-corrected chi connectivity index (χ0v) is 18.6. The molecule has 3 N–H and O–H groups in total. The van der Waals surface area contributed by atoms with Crippen LogP contribution in [-0.4, -0.2) is 37.8 Å². The second-order valence-electron chi connectivity index (χ2n) is 7.43. The van der Waals surface area contributed by atoms with Crippen molar-refractivity contribution in [3.63, 3.8) is 0 Å². The molecule has 0 aliphatic heterocycles. The van der Waals surface area contributed by atoms with Crippen LogP contribution in [0.2, 0.25) is 0 Å². The van der Waals surface area contributed by atoms with Crippen LogP contribution >= 0.6 is 0 Å². The van der Waals surface area contributed by atoms with Gasteiger partial charge in [0.05, 0.1) is 5.69 Å². The molecule has 2 aromatic heterocycles. The van der Waals surface area contributed by atoms with E-state index in [1.165, 1.54) is 0 Å². The third-order valence-electron chi connectivity index (χ3n) is 4.94. The van der Waals surface area contributed by atoms with Crippen molar-refractivity contribution < 1.29 is 14.4 Å². The van der Waals surface area contributed by atoms with Gasteiger partial charge in [-0.3, -0.25) is 14.6 Å². The standard InChI is InChI=1S/C25H20N8O2/c1-16-4-7-20(31-24(35)17-5-8-19(9-6-17)30-23(34)15-29-26)13-22(16)33-25-28-12-10-21(32-25)18-3-2-11-27-14-18/h2-15H,1H3,(H,30,34)(H,31,35)(H,28,32,33). The van der Waals surface area contributed by atoms with E-state index in [9.17, 15) is 9.59 Å². The number of nitrogens with one attached hydrogen (secondary N) is 3. The molecule has 0 atom stereocenters. The summed E-state index contributed by atoms with van der Waals surface area (Å²) in [6, 6.07) is 17.4. The summed E-state index contributed by atoms with van der Waals surface area (Å²) in [7, 11) is 0. The van der Waals surface area contributed by atoms with E-state index in [-0.39, 0.29) is 5.91 Å². The minimum Gasteiger partial charge on any atom is -0.361 e. The molecule has 2 heterocycles. The average molecular weight is 464 g/mol. The largest absolute Gasteiger partial charge is 0.361 e. The second-order valence-corrected chi connectivity index (χ2v) is 7.43. The maximum absolute atomic E-state index is 12.7. The van der Waals surface area contributed by atoms with Crippen LogP contribution < -0.4 is 16.0 Å². The van der Waals surface area contributed by atoms with E-state index in [0.717, 1.165) is 28.7 Å². The number of benzene rings is 2. The van der Waals surface area contributed by atoms with Gasteiger partial charge in [0.15, 0.2) is 0 Å². The van der Waals surface area contributed by atoms with Crippen LogP contribution in [0.4, 0.5) is 23.0 Å². The van der Waals surface area contributed by atoms with Gasteiger partial charge in [-0.15, -0.1) is 0 Å². The lowest BCUT2D eigenvalue weighted by Crippen LogP contribution is -2.14. The van der Waals surface area contributed by atoms with Crippen molar-refractivity contribution >= 4 is 41.0 Å². The number of aromatic nitrogens is 3. The summed E-state index contributed by atoms with van der Waals surface area (Å²) in [4.78, 5) is 39.8. The lowest BCUT2D eigenvalue weighted by Gasteiger charge is -2.12. The highest BCUT2D eigenvalue weighted by atomic mass is 16.2. The fourth-order valence-electron chi connectivity index (χ4n) is 3.18. The molecule has 0 radical (unpaired) electrons. The quantitative estimate of drug-likeness (QED) is 0.213. The van der Waals surface area contributed by atoms with Crippen molar-refractivity contribution in [1.82, 2.24) is 15.0 Å². The van der Waals surface area contributed by atoms with Crippen molar-refractivity contribution in [2.45, 2.75) is 6.92 Å². The van der Waals surface area contributed by atoms with Gasteiger partial charge in [-0.25, -0.2) is 9.97 Å². The Morgan fingerprint density at radius 2 is 1.77 bits per heavy atom. The summed E-state index contributed by atoms with van der Waals surface area (Å²) in [5.74, 6) is -0.481. The van der Waals surface area contributed by atoms with Gasteiger partial charge >= 0.3 is 12.1 Å². The van der Waals surface area contributed by atoms with E-state index < -0.39 is 5.91 Å². The number of carbonyl (C=O) groups excluding carboxylic acids is 2. The summed E-state index contributed by atoms with van der Waals surface area (Å²) in [6.07, 6.45) is 5.84. The molecule has 4 rings (SSSR count). The lowest BCUT2D eigenvalue weighted by atomic mass is 10.1. The first-order valence-electron chi connectivity index (χ1n) is 10.5. The van der Waals surface area contributed by atoms with Crippen LogP contribution in [0, 0.1) is 6.92 Å². The Morgan fingerprint density at radius 3 is 2.51 bits per heavy atom. The van der Waals surface area contributed by atoms with E-state index in [1.807, 2.05) is 31.2 Å². The molecular weight excluding hydrogens is 444 g/mol. The Morgan fingerprint density at radius 1 is 0.971 bits per heavy atom. The maximum atomic E-state index is 12.7. The SMILES string of the molecule is Cc1ccc(NC(=O)c2ccc(NC(=O)C=[N+]=[N-])cc2)cc1Nc1nccc(-c2cccnc2)n1. The van der Waals surface area contributed by atoms with E-state index in [4.69, 9.17) is 5.53 Å². The molecule has 0 aliphatic carbocycles. The minimum atomic E-state index is -0.584. The molecule has 10 nitrogen and oxygen atoms in total. The Kier molecular flexibility index (Phi) is 6.96. The first-order valence-corrected chi connectivity index (χ1v) is 10.5. The number of amides is 2. The fourth-order valence-corrected chi connectivity index (χ4v) is 3.18.